The molecule has 1 aromatic carbocycles. The third kappa shape index (κ3) is 4.76. The van der Waals surface area contributed by atoms with Gasteiger partial charge in [-0.1, -0.05) is 29.3 Å². The number of rotatable bonds is 3. The Morgan fingerprint density at radius 2 is 1.91 bits per heavy atom. The highest BCUT2D eigenvalue weighted by atomic mass is 35.5. The van der Waals surface area contributed by atoms with Crippen LogP contribution in [0.3, 0.4) is 0 Å². The summed E-state index contributed by atoms with van der Waals surface area (Å²) >= 11 is 12.3. The molecule has 0 atom stereocenters. The fraction of sp³-hybridized carbons (Fsp3) is 0.429. The second-order valence-electron chi connectivity index (χ2n) is 4.90. The van der Waals surface area contributed by atoms with E-state index in [1.165, 1.54) is 19.9 Å². The van der Waals surface area contributed by atoms with E-state index >= 15 is 0 Å². The number of anilines is 1. The predicted molar refractivity (Wildman–Crippen MR) is 90.8 cm³/mol. The number of hydrogen-bond donors (Lipinski definition) is 3. The molecule has 0 bridgehead atoms. The van der Waals surface area contributed by atoms with E-state index in [1.807, 2.05) is 0 Å². The van der Waals surface area contributed by atoms with Gasteiger partial charge in [0.05, 0.1) is 22.4 Å². The number of para-hydroxylation sites is 1. The van der Waals surface area contributed by atoms with E-state index in [1.54, 1.807) is 18.2 Å². The Morgan fingerprint density at radius 1 is 1.27 bits per heavy atom. The summed E-state index contributed by atoms with van der Waals surface area (Å²) in [6, 6.07) is 4.82. The normalized spacial score (nSPS) is 15.7. The number of halogens is 2. The third-order valence-corrected chi connectivity index (χ3v) is 3.92. The molecule has 0 unspecified atom stereocenters. The molecule has 0 aromatic heterocycles. The van der Waals surface area contributed by atoms with Crippen molar-refractivity contribution >= 4 is 40.9 Å². The van der Waals surface area contributed by atoms with Gasteiger partial charge in [0.25, 0.3) is 0 Å². The molecule has 22 heavy (non-hydrogen) atoms. The maximum absolute atomic E-state index is 11.6. The van der Waals surface area contributed by atoms with Crippen LogP contribution >= 0.6 is 23.2 Å². The first-order valence-electron chi connectivity index (χ1n) is 7.06. The summed E-state index contributed by atoms with van der Waals surface area (Å²) in [5, 5.41) is 9.04. The molecule has 0 radical (unpaired) electrons. The molecule has 8 heteroatoms. The van der Waals surface area contributed by atoms with Gasteiger partial charge in [-0.2, -0.15) is 0 Å². The van der Waals surface area contributed by atoms with Crippen LogP contribution in [0.2, 0.25) is 10.0 Å². The molecule has 2 rings (SSSR count). The second-order valence-corrected chi connectivity index (χ2v) is 5.71. The van der Waals surface area contributed by atoms with Crippen LogP contribution in [-0.2, 0) is 0 Å². The monoisotopic (exact) mass is 343 g/mol. The van der Waals surface area contributed by atoms with Crippen LogP contribution in [-0.4, -0.2) is 43.7 Å². The number of nitrogens with zero attached hydrogens (tertiary/aromatic N) is 2. The molecule has 0 saturated carbocycles. The average molecular weight is 344 g/mol. The zero-order chi connectivity index (χ0) is 15.9. The highest BCUT2D eigenvalue weighted by Gasteiger charge is 2.13. The predicted octanol–water partition coefficient (Wildman–Crippen LogP) is 2.74. The fourth-order valence-corrected chi connectivity index (χ4v) is 2.60. The second kappa shape index (κ2) is 8.22. The first kappa shape index (κ1) is 16.9. The van der Waals surface area contributed by atoms with E-state index in [2.05, 4.69) is 25.8 Å². The van der Waals surface area contributed by atoms with Gasteiger partial charge >= 0.3 is 6.03 Å². The van der Waals surface area contributed by atoms with Crippen LogP contribution in [0.1, 0.15) is 12.8 Å². The zero-order valence-electron chi connectivity index (χ0n) is 12.3. The van der Waals surface area contributed by atoms with Gasteiger partial charge in [0.2, 0.25) is 5.96 Å². The molecular weight excluding hydrogens is 325 g/mol. The summed E-state index contributed by atoms with van der Waals surface area (Å²) in [6.45, 7) is 2.54. The van der Waals surface area contributed by atoms with Crippen molar-refractivity contribution < 1.29 is 4.79 Å². The Balaban J connectivity index is 2.12. The van der Waals surface area contributed by atoms with Crippen molar-refractivity contribution in [2.45, 2.75) is 12.8 Å². The number of likely N-dealkylation sites (tertiary alicyclic amines) is 1. The molecular formula is C14H19Cl2N5O. The molecule has 1 aliphatic heterocycles. The van der Waals surface area contributed by atoms with Gasteiger partial charge in [-0.3, -0.25) is 10.2 Å². The molecule has 120 valence electrons. The quantitative estimate of drug-likeness (QED) is 0.583. The van der Waals surface area contributed by atoms with Crippen molar-refractivity contribution in [1.82, 2.24) is 15.5 Å². The van der Waals surface area contributed by atoms with Crippen molar-refractivity contribution in [3.8, 4) is 0 Å². The van der Waals surface area contributed by atoms with E-state index in [9.17, 15) is 4.79 Å². The van der Waals surface area contributed by atoms with Gasteiger partial charge in [-0.05, 0) is 38.1 Å². The molecule has 1 aliphatic rings. The standard InChI is InChI=1S/C14H19Cl2N5O/c1-17-14(22)20-13(18-9-21-7-2-3-8-21)19-12-10(15)5-4-6-11(12)16/h4-6H,2-3,7-9H2,1H3,(H3,17,18,19,20,22). The topological polar surface area (TPSA) is 68.8 Å². The number of amides is 2. The summed E-state index contributed by atoms with van der Waals surface area (Å²) in [5.74, 6) is 0.307. The minimum absolute atomic E-state index is 0.307. The molecule has 1 heterocycles. The van der Waals surface area contributed by atoms with E-state index in [0.717, 1.165) is 13.1 Å². The van der Waals surface area contributed by atoms with Crippen molar-refractivity contribution in [2.24, 2.45) is 4.99 Å². The largest absolute Gasteiger partial charge is 0.341 e. The molecule has 1 fully saturated rings. The Hall–Kier alpha value is -1.50. The Labute approximate surface area is 139 Å². The van der Waals surface area contributed by atoms with Gasteiger partial charge in [-0.25, -0.2) is 9.79 Å². The summed E-state index contributed by atoms with van der Waals surface area (Å²) in [5.41, 5.74) is 0.516. The van der Waals surface area contributed by atoms with Crippen LogP contribution in [0.25, 0.3) is 0 Å². The zero-order valence-corrected chi connectivity index (χ0v) is 13.8. The smallest absolute Gasteiger partial charge is 0.321 e. The van der Waals surface area contributed by atoms with E-state index < -0.39 is 0 Å². The minimum atomic E-state index is -0.365. The van der Waals surface area contributed by atoms with Crippen molar-refractivity contribution in [1.29, 1.82) is 0 Å². The number of aliphatic imine (C=N–C) groups is 1. The number of guanidine groups is 1. The number of carbonyl (C=O) groups is 1. The molecule has 1 aromatic rings. The average Bonchev–Trinajstić information content (AvgIpc) is 3.01. The third-order valence-electron chi connectivity index (χ3n) is 3.29. The first-order chi connectivity index (χ1) is 10.6. The van der Waals surface area contributed by atoms with E-state index in [0.29, 0.717) is 28.4 Å². The Morgan fingerprint density at radius 3 is 2.50 bits per heavy atom. The summed E-state index contributed by atoms with van der Waals surface area (Å²) in [4.78, 5) is 18.2. The Kier molecular flexibility index (Phi) is 6.30. The SMILES string of the molecule is CNC(=O)NC(=NCN1CCCC1)Nc1c(Cl)cccc1Cl. The van der Waals surface area contributed by atoms with E-state index in [-0.39, 0.29) is 6.03 Å². The van der Waals surface area contributed by atoms with Gasteiger partial charge in [-0.15, -0.1) is 0 Å². The van der Waals surface area contributed by atoms with Crippen LogP contribution < -0.4 is 16.0 Å². The van der Waals surface area contributed by atoms with Crippen LogP contribution in [0.15, 0.2) is 23.2 Å². The summed E-state index contributed by atoms with van der Waals surface area (Å²) < 4.78 is 0. The molecule has 2 amide bonds. The number of benzene rings is 1. The minimum Gasteiger partial charge on any atom is -0.341 e. The van der Waals surface area contributed by atoms with Crippen molar-refractivity contribution in [3.05, 3.63) is 28.2 Å². The van der Waals surface area contributed by atoms with Gasteiger partial charge in [0.1, 0.15) is 0 Å². The van der Waals surface area contributed by atoms with Gasteiger partial charge in [0.15, 0.2) is 0 Å². The summed E-state index contributed by atoms with van der Waals surface area (Å²) in [6.07, 6.45) is 2.36. The lowest BCUT2D eigenvalue weighted by atomic mass is 10.3. The van der Waals surface area contributed by atoms with Crippen LogP contribution in [0, 0.1) is 0 Å². The fourth-order valence-electron chi connectivity index (χ4n) is 2.11. The molecule has 3 N–H and O–H groups in total. The summed E-state index contributed by atoms with van der Waals surface area (Å²) in [7, 11) is 1.54. The lowest BCUT2D eigenvalue weighted by Gasteiger charge is -2.16. The van der Waals surface area contributed by atoms with E-state index in [4.69, 9.17) is 23.2 Å². The lowest BCUT2D eigenvalue weighted by Crippen LogP contribution is -2.42. The maximum atomic E-state index is 11.6. The van der Waals surface area contributed by atoms with Crippen molar-refractivity contribution in [3.63, 3.8) is 0 Å². The maximum Gasteiger partial charge on any atom is 0.321 e. The highest BCUT2D eigenvalue weighted by molar-refractivity contribution is 6.39. The van der Waals surface area contributed by atoms with Gasteiger partial charge in [0, 0.05) is 7.05 Å². The van der Waals surface area contributed by atoms with Crippen molar-refractivity contribution in [2.75, 3.05) is 32.1 Å². The van der Waals surface area contributed by atoms with Crippen LogP contribution in [0.4, 0.5) is 10.5 Å². The molecule has 0 aliphatic carbocycles. The van der Waals surface area contributed by atoms with Gasteiger partial charge < -0.3 is 10.6 Å². The number of carbonyl (C=O) groups excluding carboxylic acids is 1. The lowest BCUT2D eigenvalue weighted by molar-refractivity contribution is 0.247. The van der Waals surface area contributed by atoms with Crippen LogP contribution in [0.5, 0.6) is 0 Å². The Bertz CT molecular complexity index is 538. The highest BCUT2D eigenvalue weighted by Crippen LogP contribution is 2.29. The molecule has 0 spiro atoms. The number of nitrogens with one attached hydrogen (secondary N) is 3. The number of urea groups is 1. The number of hydrogen-bond acceptors (Lipinski definition) is 3. The molecule has 1 saturated heterocycles. The molecule has 6 nitrogen and oxygen atoms in total. The first-order valence-corrected chi connectivity index (χ1v) is 7.82.